The van der Waals surface area contributed by atoms with Gasteiger partial charge in [-0.1, -0.05) is 25.1 Å². The first-order valence-corrected chi connectivity index (χ1v) is 10.8. The summed E-state index contributed by atoms with van der Waals surface area (Å²) in [4.78, 5) is 7.11. The molecule has 30 heavy (non-hydrogen) atoms. The van der Waals surface area contributed by atoms with Crippen molar-refractivity contribution in [3.8, 4) is 5.69 Å². The van der Waals surface area contributed by atoms with Crippen molar-refractivity contribution in [2.75, 3.05) is 31.2 Å². The maximum atomic E-state index is 5.44. The van der Waals surface area contributed by atoms with E-state index in [1.165, 1.54) is 33.9 Å². The molecule has 0 radical (unpaired) electrons. The summed E-state index contributed by atoms with van der Waals surface area (Å²) < 4.78 is 7.81. The number of rotatable bonds is 5. The van der Waals surface area contributed by atoms with Gasteiger partial charge < -0.3 is 14.2 Å². The van der Waals surface area contributed by atoms with Crippen molar-refractivity contribution in [1.82, 2.24) is 4.57 Å². The summed E-state index contributed by atoms with van der Waals surface area (Å²) in [7, 11) is 0. The topological polar surface area (TPSA) is 29.8 Å². The molecule has 156 valence electrons. The lowest BCUT2D eigenvalue weighted by Gasteiger charge is -2.28. The Bertz CT molecular complexity index is 1040. The Morgan fingerprint density at radius 3 is 2.43 bits per heavy atom. The number of para-hydroxylation sites is 1. The second-order valence-electron chi connectivity index (χ2n) is 7.97. The Morgan fingerprint density at radius 1 is 1.00 bits per heavy atom. The van der Waals surface area contributed by atoms with E-state index < -0.39 is 0 Å². The van der Waals surface area contributed by atoms with Crippen molar-refractivity contribution >= 4 is 17.6 Å². The lowest BCUT2D eigenvalue weighted by Crippen LogP contribution is -2.36. The number of nitrogens with zero attached hydrogens (tertiary/aromatic N) is 3. The van der Waals surface area contributed by atoms with Gasteiger partial charge in [-0.15, -0.1) is 0 Å². The van der Waals surface area contributed by atoms with Crippen molar-refractivity contribution in [2.45, 2.75) is 34.1 Å². The molecular formula is C26H31N3O. The highest BCUT2D eigenvalue weighted by atomic mass is 16.5. The molecule has 0 aliphatic carbocycles. The van der Waals surface area contributed by atoms with Crippen LogP contribution in [0.15, 0.2) is 53.5 Å². The number of anilines is 1. The van der Waals surface area contributed by atoms with E-state index in [1.54, 1.807) is 0 Å². The molecule has 1 aliphatic rings. The van der Waals surface area contributed by atoms with E-state index in [-0.39, 0.29) is 0 Å². The summed E-state index contributed by atoms with van der Waals surface area (Å²) in [5.74, 6) is 0. The largest absolute Gasteiger partial charge is 0.378 e. The molecule has 0 saturated carbocycles. The summed E-state index contributed by atoms with van der Waals surface area (Å²) in [6.07, 6.45) is 3.01. The highest BCUT2D eigenvalue weighted by Gasteiger charge is 2.14. The summed E-state index contributed by atoms with van der Waals surface area (Å²) in [5, 5.41) is 0. The number of morpholine rings is 1. The molecule has 0 amide bonds. The first-order valence-electron chi connectivity index (χ1n) is 10.8. The zero-order valence-corrected chi connectivity index (χ0v) is 18.5. The molecule has 0 bridgehead atoms. The van der Waals surface area contributed by atoms with Crippen LogP contribution in [-0.2, 0) is 11.2 Å². The van der Waals surface area contributed by atoms with Gasteiger partial charge in [0.2, 0.25) is 0 Å². The average molecular weight is 402 g/mol. The van der Waals surface area contributed by atoms with E-state index in [4.69, 9.17) is 9.73 Å². The maximum Gasteiger partial charge on any atom is 0.0642 e. The van der Waals surface area contributed by atoms with Gasteiger partial charge in [0.1, 0.15) is 0 Å². The molecular weight excluding hydrogens is 370 g/mol. The summed E-state index contributed by atoms with van der Waals surface area (Å²) in [5.41, 5.74) is 9.83. The number of hydrogen-bond donors (Lipinski definition) is 0. The van der Waals surface area contributed by atoms with Gasteiger partial charge in [0.25, 0.3) is 0 Å². The Balaban J connectivity index is 1.59. The average Bonchev–Trinajstić information content (AvgIpc) is 3.06. The molecule has 1 saturated heterocycles. The third-order valence-electron chi connectivity index (χ3n) is 5.97. The van der Waals surface area contributed by atoms with Crippen LogP contribution in [0.3, 0.4) is 0 Å². The predicted molar refractivity (Wildman–Crippen MR) is 126 cm³/mol. The molecule has 4 rings (SSSR count). The highest BCUT2D eigenvalue weighted by molar-refractivity contribution is 5.84. The molecule has 2 heterocycles. The summed E-state index contributed by atoms with van der Waals surface area (Å²) in [6.45, 7) is 12.3. The van der Waals surface area contributed by atoms with Crippen LogP contribution in [0.2, 0.25) is 0 Å². The zero-order valence-electron chi connectivity index (χ0n) is 18.5. The number of aryl methyl sites for hydroxylation is 3. The van der Waals surface area contributed by atoms with Crippen molar-refractivity contribution < 1.29 is 4.74 Å². The van der Waals surface area contributed by atoms with E-state index in [9.17, 15) is 0 Å². The van der Waals surface area contributed by atoms with Crippen LogP contribution in [0.25, 0.3) is 5.69 Å². The van der Waals surface area contributed by atoms with Gasteiger partial charge in [-0.3, -0.25) is 4.99 Å². The fourth-order valence-corrected chi connectivity index (χ4v) is 4.30. The number of aliphatic imine (C=N–C) groups is 1. The van der Waals surface area contributed by atoms with Gasteiger partial charge in [0.05, 0.1) is 24.6 Å². The quantitative estimate of drug-likeness (QED) is 0.525. The molecule has 2 aromatic carbocycles. The molecule has 1 aliphatic heterocycles. The molecule has 3 aromatic rings. The van der Waals surface area contributed by atoms with Crippen LogP contribution in [-0.4, -0.2) is 37.1 Å². The number of benzene rings is 2. The first kappa shape index (κ1) is 20.4. The van der Waals surface area contributed by atoms with Crippen molar-refractivity contribution in [2.24, 2.45) is 4.99 Å². The van der Waals surface area contributed by atoms with Crippen LogP contribution in [0.5, 0.6) is 0 Å². The summed E-state index contributed by atoms with van der Waals surface area (Å²) in [6, 6.07) is 17.3. The second-order valence-corrected chi connectivity index (χ2v) is 7.97. The van der Waals surface area contributed by atoms with Crippen molar-refractivity contribution in [1.29, 1.82) is 0 Å². The number of ether oxygens (including phenoxy) is 1. The Labute approximate surface area is 179 Å². The fourth-order valence-electron chi connectivity index (χ4n) is 4.30. The van der Waals surface area contributed by atoms with E-state index in [2.05, 4.69) is 85.7 Å². The molecule has 1 aromatic heterocycles. The number of hydrogen-bond acceptors (Lipinski definition) is 3. The third kappa shape index (κ3) is 4.05. The summed E-state index contributed by atoms with van der Waals surface area (Å²) >= 11 is 0. The fraction of sp³-hybridized carbons (Fsp3) is 0.346. The first-order chi connectivity index (χ1) is 14.6. The number of aromatic nitrogens is 1. The van der Waals surface area contributed by atoms with E-state index in [1.807, 2.05) is 6.21 Å². The monoisotopic (exact) mass is 401 g/mol. The van der Waals surface area contributed by atoms with Crippen molar-refractivity contribution in [3.05, 3.63) is 76.6 Å². The molecule has 0 spiro atoms. The van der Waals surface area contributed by atoms with Gasteiger partial charge in [-0.2, -0.15) is 0 Å². The SMILES string of the molecule is CCc1cccc(C)c1-n1c(C)cc(C=Nc2ccc(N3CCOCC3)cc2)c1C. The zero-order chi connectivity index (χ0) is 21.1. The van der Waals surface area contributed by atoms with Crippen LogP contribution >= 0.6 is 0 Å². The second kappa shape index (κ2) is 8.88. The van der Waals surface area contributed by atoms with Gasteiger partial charge in [-0.25, -0.2) is 0 Å². The Hall–Kier alpha value is -2.85. The van der Waals surface area contributed by atoms with Crippen LogP contribution < -0.4 is 4.90 Å². The van der Waals surface area contributed by atoms with Gasteiger partial charge >= 0.3 is 0 Å². The lowest BCUT2D eigenvalue weighted by atomic mass is 10.1. The lowest BCUT2D eigenvalue weighted by molar-refractivity contribution is 0.122. The van der Waals surface area contributed by atoms with Crippen molar-refractivity contribution in [3.63, 3.8) is 0 Å². The van der Waals surface area contributed by atoms with Gasteiger partial charge in [0.15, 0.2) is 0 Å². The minimum Gasteiger partial charge on any atom is -0.378 e. The minimum atomic E-state index is 0.802. The van der Waals surface area contributed by atoms with Crippen LogP contribution in [0.4, 0.5) is 11.4 Å². The van der Waals surface area contributed by atoms with Gasteiger partial charge in [0, 0.05) is 41.9 Å². The van der Waals surface area contributed by atoms with E-state index in [0.717, 1.165) is 44.0 Å². The maximum absolute atomic E-state index is 5.44. The third-order valence-corrected chi connectivity index (χ3v) is 5.97. The smallest absolute Gasteiger partial charge is 0.0642 e. The molecule has 0 unspecified atom stereocenters. The Morgan fingerprint density at radius 2 is 1.73 bits per heavy atom. The normalized spacial score (nSPS) is 14.6. The molecule has 4 heteroatoms. The minimum absolute atomic E-state index is 0.802. The molecule has 4 nitrogen and oxygen atoms in total. The van der Waals surface area contributed by atoms with E-state index >= 15 is 0 Å². The van der Waals surface area contributed by atoms with Crippen LogP contribution in [0.1, 0.15) is 35.0 Å². The standard InChI is InChI=1S/C26H31N3O/c1-5-22-8-6-7-19(2)26(22)29-20(3)17-23(21(29)4)18-27-24-9-11-25(12-10-24)28-13-15-30-16-14-28/h6-12,17-18H,5,13-16H2,1-4H3. The molecule has 0 atom stereocenters. The highest BCUT2D eigenvalue weighted by Crippen LogP contribution is 2.27. The van der Waals surface area contributed by atoms with E-state index in [0.29, 0.717) is 0 Å². The predicted octanol–water partition coefficient (Wildman–Crippen LogP) is 5.55. The molecule has 1 fully saturated rings. The van der Waals surface area contributed by atoms with Crippen LogP contribution in [0, 0.1) is 20.8 Å². The Kier molecular flexibility index (Phi) is 6.05. The molecule has 0 N–H and O–H groups in total. The van der Waals surface area contributed by atoms with Gasteiger partial charge in [-0.05, 0) is 68.7 Å².